The highest BCUT2D eigenvalue weighted by Gasteiger charge is 2.19. The second kappa shape index (κ2) is 8.26. The Labute approximate surface area is 154 Å². The van der Waals surface area contributed by atoms with Gasteiger partial charge in [-0.15, -0.1) is 0 Å². The summed E-state index contributed by atoms with van der Waals surface area (Å²) in [5.74, 6) is -0.384. The number of rotatable bonds is 7. The molecule has 0 aliphatic carbocycles. The fraction of sp³-hybridized carbons (Fsp3) is 0.278. The molecule has 9 nitrogen and oxygen atoms in total. The van der Waals surface area contributed by atoms with Crippen LogP contribution in [-0.4, -0.2) is 37.2 Å². The topological polar surface area (TPSA) is 116 Å². The monoisotopic (exact) mass is 374 g/mol. The Morgan fingerprint density at radius 3 is 2.74 bits per heavy atom. The molecule has 3 rings (SSSR count). The van der Waals surface area contributed by atoms with Gasteiger partial charge >= 0.3 is 5.97 Å². The standard InChI is InChI=1S/C18H18N2O7/c1-11(27-16(21)9-20-18(23)14-3-2-6-24-14)17(22)19-8-12-4-5-13-15(7-12)26-10-25-13/h2-7,11H,8-10H2,1H3,(H,19,22)(H,20,23)/t11-/m1/s1. The first-order valence-corrected chi connectivity index (χ1v) is 8.20. The highest BCUT2D eigenvalue weighted by atomic mass is 16.7. The van der Waals surface area contributed by atoms with Gasteiger partial charge < -0.3 is 29.3 Å². The summed E-state index contributed by atoms with van der Waals surface area (Å²) in [4.78, 5) is 35.5. The van der Waals surface area contributed by atoms with Crippen molar-refractivity contribution >= 4 is 17.8 Å². The van der Waals surface area contributed by atoms with E-state index in [2.05, 4.69) is 10.6 Å². The molecule has 0 bridgehead atoms. The summed E-state index contributed by atoms with van der Waals surface area (Å²) in [6.45, 7) is 1.49. The second-order valence-corrected chi connectivity index (χ2v) is 5.70. The maximum atomic E-state index is 12.1. The van der Waals surface area contributed by atoms with Crippen LogP contribution in [0.5, 0.6) is 11.5 Å². The van der Waals surface area contributed by atoms with Crippen LogP contribution in [0.1, 0.15) is 23.0 Å². The van der Waals surface area contributed by atoms with Crippen LogP contribution in [0.15, 0.2) is 41.0 Å². The molecule has 0 radical (unpaired) electrons. The summed E-state index contributed by atoms with van der Waals surface area (Å²) in [6, 6.07) is 8.35. The zero-order chi connectivity index (χ0) is 19.2. The third-order valence-electron chi connectivity index (χ3n) is 3.72. The van der Waals surface area contributed by atoms with E-state index in [1.807, 2.05) is 0 Å². The molecule has 0 spiro atoms. The smallest absolute Gasteiger partial charge is 0.326 e. The first-order valence-electron chi connectivity index (χ1n) is 8.20. The Balaban J connectivity index is 1.40. The van der Waals surface area contributed by atoms with E-state index in [-0.39, 0.29) is 25.6 Å². The molecule has 1 atom stereocenters. The summed E-state index contributed by atoms with van der Waals surface area (Å²) in [5.41, 5.74) is 0.817. The van der Waals surface area contributed by atoms with Crippen LogP contribution in [0.2, 0.25) is 0 Å². The third-order valence-corrected chi connectivity index (χ3v) is 3.72. The van der Waals surface area contributed by atoms with Gasteiger partial charge in [-0.3, -0.25) is 14.4 Å². The van der Waals surface area contributed by atoms with Gasteiger partial charge in [-0.1, -0.05) is 6.07 Å². The molecular formula is C18H18N2O7. The molecule has 0 saturated carbocycles. The van der Waals surface area contributed by atoms with Crippen LogP contribution in [0, 0.1) is 0 Å². The highest BCUT2D eigenvalue weighted by molar-refractivity contribution is 5.93. The lowest BCUT2D eigenvalue weighted by atomic mass is 10.2. The molecule has 0 saturated heterocycles. The minimum absolute atomic E-state index is 0.0808. The molecule has 1 aromatic carbocycles. The minimum atomic E-state index is -1.01. The highest BCUT2D eigenvalue weighted by Crippen LogP contribution is 2.32. The molecule has 0 unspecified atom stereocenters. The predicted molar refractivity (Wildman–Crippen MR) is 91.0 cm³/mol. The van der Waals surface area contributed by atoms with E-state index in [4.69, 9.17) is 18.6 Å². The second-order valence-electron chi connectivity index (χ2n) is 5.70. The average molecular weight is 374 g/mol. The van der Waals surface area contributed by atoms with Gasteiger partial charge in [-0.05, 0) is 36.8 Å². The maximum absolute atomic E-state index is 12.1. The number of benzene rings is 1. The normalized spacial score (nSPS) is 12.9. The van der Waals surface area contributed by atoms with Crippen molar-refractivity contribution in [3.8, 4) is 11.5 Å². The van der Waals surface area contributed by atoms with Crippen LogP contribution in [0.3, 0.4) is 0 Å². The summed E-state index contributed by atoms with van der Waals surface area (Å²) in [6.07, 6.45) is 0.340. The molecular weight excluding hydrogens is 356 g/mol. The first kappa shape index (κ1) is 18.3. The number of ether oxygens (including phenoxy) is 3. The van der Waals surface area contributed by atoms with Gasteiger partial charge in [0.25, 0.3) is 11.8 Å². The fourth-order valence-corrected chi connectivity index (χ4v) is 2.32. The van der Waals surface area contributed by atoms with Crippen molar-refractivity contribution in [2.45, 2.75) is 19.6 Å². The van der Waals surface area contributed by atoms with Crippen molar-refractivity contribution in [2.75, 3.05) is 13.3 Å². The number of fused-ring (bicyclic) bond motifs is 1. The number of hydrogen-bond donors (Lipinski definition) is 2. The van der Waals surface area contributed by atoms with Crippen LogP contribution in [0.25, 0.3) is 0 Å². The zero-order valence-corrected chi connectivity index (χ0v) is 14.5. The molecule has 27 heavy (non-hydrogen) atoms. The Kier molecular flexibility index (Phi) is 5.60. The van der Waals surface area contributed by atoms with Crippen molar-refractivity contribution < 1.29 is 33.0 Å². The third kappa shape index (κ3) is 4.78. The lowest BCUT2D eigenvalue weighted by molar-refractivity contribution is -0.153. The van der Waals surface area contributed by atoms with Crippen molar-refractivity contribution in [2.24, 2.45) is 0 Å². The van der Waals surface area contributed by atoms with Gasteiger partial charge in [-0.25, -0.2) is 0 Å². The molecule has 142 valence electrons. The van der Waals surface area contributed by atoms with Crippen molar-refractivity contribution in [3.63, 3.8) is 0 Å². The number of nitrogens with one attached hydrogen (secondary N) is 2. The minimum Gasteiger partial charge on any atom is -0.459 e. The fourth-order valence-electron chi connectivity index (χ4n) is 2.32. The molecule has 9 heteroatoms. The number of carbonyl (C=O) groups excluding carboxylic acids is 3. The quantitative estimate of drug-likeness (QED) is 0.694. The van der Waals surface area contributed by atoms with E-state index in [1.54, 1.807) is 24.3 Å². The van der Waals surface area contributed by atoms with E-state index in [0.717, 1.165) is 5.56 Å². The molecule has 2 N–H and O–H groups in total. The van der Waals surface area contributed by atoms with E-state index in [1.165, 1.54) is 19.3 Å². The summed E-state index contributed by atoms with van der Waals surface area (Å²) in [7, 11) is 0. The summed E-state index contributed by atoms with van der Waals surface area (Å²) >= 11 is 0. The number of furan rings is 1. The lowest BCUT2D eigenvalue weighted by Crippen LogP contribution is -2.38. The van der Waals surface area contributed by atoms with Gasteiger partial charge in [0.2, 0.25) is 6.79 Å². The van der Waals surface area contributed by atoms with E-state index in [0.29, 0.717) is 11.5 Å². The van der Waals surface area contributed by atoms with Crippen molar-refractivity contribution in [3.05, 3.63) is 47.9 Å². The number of esters is 1. The SMILES string of the molecule is C[C@@H](OC(=O)CNC(=O)c1ccco1)C(=O)NCc1ccc2c(c1)OCO2. The van der Waals surface area contributed by atoms with Gasteiger partial charge in [0.05, 0.1) is 6.26 Å². The van der Waals surface area contributed by atoms with E-state index in [9.17, 15) is 14.4 Å². The van der Waals surface area contributed by atoms with E-state index < -0.39 is 23.9 Å². The molecule has 2 heterocycles. The molecule has 0 fully saturated rings. The Morgan fingerprint density at radius 2 is 1.96 bits per heavy atom. The molecule has 1 aliphatic heterocycles. The first-order chi connectivity index (χ1) is 13.0. The van der Waals surface area contributed by atoms with Crippen molar-refractivity contribution in [1.82, 2.24) is 10.6 Å². The number of hydrogen-bond acceptors (Lipinski definition) is 7. The maximum Gasteiger partial charge on any atom is 0.326 e. The Hall–Kier alpha value is -3.49. The van der Waals surface area contributed by atoms with Crippen LogP contribution in [-0.2, 0) is 20.9 Å². The molecule has 1 aromatic heterocycles. The summed E-state index contributed by atoms with van der Waals surface area (Å²) < 4.78 is 20.4. The van der Waals surface area contributed by atoms with E-state index >= 15 is 0 Å². The Bertz CT molecular complexity index is 832. The van der Waals surface area contributed by atoms with Crippen molar-refractivity contribution in [1.29, 1.82) is 0 Å². The summed E-state index contributed by atoms with van der Waals surface area (Å²) in [5, 5.41) is 5.01. The van der Waals surface area contributed by atoms with Gasteiger partial charge in [0, 0.05) is 6.54 Å². The zero-order valence-electron chi connectivity index (χ0n) is 14.5. The average Bonchev–Trinajstić information content (AvgIpc) is 3.35. The van der Waals surface area contributed by atoms with Gasteiger partial charge in [-0.2, -0.15) is 0 Å². The van der Waals surface area contributed by atoms with Crippen LogP contribution in [0.4, 0.5) is 0 Å². The Morgan fingerprint density at radius 1 is 1.15 bits per heavy atom. The number of amides is 2. The number of carbonyl (C=O) groups is 3. The predicted octanol–water partition coefficient (Wildman–Crippen LogP) is 0.986. The van der Waals surface area contributed by atoms with Gasteiger partial charge in [0.1, 0.15) is 6.54 Å². The molecule has 2 amide bonds. The van der Waals surface area contributed by atoms with Crippen LogP contribution >= 0.6 is 0 Å². The largest absolute Gasteiger partial charge is 0.459 e. The van der Waals surface area contributed by atoms with Crippen LogP contribution < -0.4 is 20.1 Å². The van der Waals surface area contributed by atoms with Gasteiger partial charge in [0.15, 0.2) is 23.4 Å². The lowest BCUT2D eigenvalue weighted by Gasteiger charge is -2.14. The molecule has 1 aliphatic rings. The molecule has 2 aromatic rings.